The molecule has 0 atom stereocenters. The molecule has 0 aliphatic carbocycles. The van der Waals surface area contributed by atoms with Gasteiger partial charge in [-0.1, -0.05) is 60.7 Å². The zero-order valence-electron chi connectivity index (χ0n) is 13.6. The summed E-state index contributed by atoms with van der Waals surface area (Å²) in [6.45, 7) is 0. The molecule has 1 N–H and O–H groups in total. The lowest BCUT2D eigenvalue weighted by Gasteiger charge is -2.05. The largest absolute Gasteiger partial charge is 0.354 e. The van der Waals surface area contributed by atoms with E-state index < -0.39 is 0 Å². The smallest absolute Gasteiger partial charge is 0.0471 e. The van der Waals surface area contributed by atoms with Gasteiger partial charge in [0.05, 0.1) is 0 Å². The topological polar surface area (TPSA) is 15.8 Å². The van der Waals surface area contributed by atoms with Crippen LogP contribution in [0, 0.1) is 0 Å². The number of benzene rings is 5. The number of hydrogen-bond donors (Lipinski definition) is 1. The van der Waals surface area contributed by atoms with E-state index in [4.69, 9.17) is 0 Å². The molecule has 116 valence electrons. The van der Waals surface area contributed by atoms with Gasteiger partial charge in [0.25, 0.3) is 0 Å². The highest BCUT2D eigenvalue weighted by atomic mass is 14.7. The normalized spacial score (nSPS) is 12.0. The Bertz CT molecular complexity index is 1440. The van der Waals surface area contributed by atoms with Crippen molar-refractivity contribution in [1.82, 2.24) is 4.98 Å². The van der Waals surface area contributed by atoms with Gasteiger partial charge in [-0.05, 0) is 56.6 Å². The van der Waals surface area contributed by atoms with Crippen LogP contribution in [0.15, 0.2) is 84.9 Å². The Morgan fingerprint density at radius 3 is 1.84 bits per heavy atom. The van der Waals surface area contributed by atoms with Crippen LogP contribution in [0.1, 0.15) is 0 Å². The number of fused-ring (bicyclic) bond motifs is 8. The lowest BCUT2D eigenvalue weighted by Crippen LogP contribution is -1.79. The standard InChI is InChI=1S/C24H15N/c1-2-7-17-14-20-18(13-16(17)6-1)10-12-22-24(20)23-19-8-4-3-5-15(19)9-11-21(23)25-22/h1-14,25H. The summed E-state index contributed by atoms with van der Waals surface area (Å²) in [5.74, 6) is 0. The first kappa shape index (κ1) is 13.0. The van der Waals surface area contributed by atoms with E-state index in [0.717, 1.165) is 0 Å². The van der Waals surface area contributed by atoms with Crippen molar-refractivity contribution in [3.05, 3.63) is 84.9 Å². The molecule has 0 unspecified atom stereocenters. The van der Waals surface area contributed by atoms with Crippen molar-refractivity contribution in [2.75, 3.05) is 0 Å². The van der Waals surface area contributed by atoms with Crippen molar-refractivity contribution in [3.63, 3.8) is 0 Å². The van der Waals surface area contributed by atoms with E-state index in [1.165, 1.54) is 54.1 Å². The maximum absolute atomic E-state index is 3.61. The van der Waals surface area contributed by atoms with Crippen molar-refractivity contribution < 1.29 is 0 Å². The van der Waals surface area contributed by atoms with Crippen LogP contribution in [-0.2, 0) is 0 Å². The molecule has 1 heteroatoms. The van der Waals surface area contributed by atoms with Gasteiger partial charge in [-0.25, -0.2) is 0 Å². The summed E-state index contributed by atoms with van der Waals surface area (Å²) in [5.41, 5.74) is 2.41. The molecule has 6 aromatic rings. The molecule has 0 bridgehead atoms. The third-order valence-electron chi connectivity index (χ3n) is 5.33. The minimum atomic E-state index is 1.20. The predicted molar refractivity (Wildman–Crippen MR) is 108 cm³/mol. The number of nitrogens with one attached hydrogen (secondary N) is 1. The predicted octanol–water partition coefficient (Wildman–Crippen LogP) is 6.78. The van der Waals surface area contributed by atoms with Gasteiger partial charge in [-0.2, -0.15) is 0 Å². The van der Waals surface area contributed by atoms with Crippen molar-refractivity contribution in [3.8, 4) is 0 Å². The van der Waals surface area contributed by atoms with E-state index in [0.29, 0.717) is 0 Å². The van der Waals surface area contributed by atoms with E-state index in [9.17, 15) is 0 Å². The van der Waals surface area contributed by atoms with E-state index in [1.807, 2.05) is 0 Å². The van der Waals surface area contributed by atoms with Gasteiger partial charge < -0.3 is 4.98 Å². The van der Waals surface area contributed by atoms with Crippen molar-refractivity contribution in [2.45, 2.75) is 0 Å². The molecule has 0 aliphatic heterocycles. The molecule has 0 spiro atoms. The summed E-state index contributed by atoms with van der Waals surface area (Å²) >= 11 is 0. The lowest BCUT2D eigenvalue weighted by atomic mass is 9.97. The van der Waals surface area contributed by atoms with E-state index >= 15 is 0 Å². The van der Waals surface area contributed by atoms with Crippen LogP contribution in [0.3, 0.4) is 0 Å². The molecule has 6 rings (SSSR count). The fraction of sp³-hybridized carbons (Fsp3) is 0. The maximum atomic E-state index is 3.61. The Kier molecular flexibility index (Phi) is 2.40. The SMILES string of the molecule is c1ccc2cc3c(ccc4[nH]c5ccc6ccccc6c5c43)cc2c1. The average molecular weight is 317 g/mol. The van der Waals surface area contributed by atoms with E-state index in [-0.39, 0.29) is 0 Å². The number of aromatic nitrogens is 1. The molecule has 0 aliphatic rings. The monoisotopic (exact) mass is 317 g/mol. The summed E-state index contributed by atoms with van der Waals surface area (Å²) < 4.78 is 0. The highest BCUT2D eigenvalue weighted by molar-refractivity contribution is 6.28. The van der Waals surface area contributed by atoms with Gasteiger partial charge in [-0.15, -0.1) is 0 Å². The number of H-pyrrole nitrogens is 1. The fourth-order valence-electron chi connectivity index (χ4n) is 4.18. The maximum Gasteiger partial charge on any atom is 0.0471 e. The molecule has 1 aromatic heterocycles. The van der Waals surface area contributed by atoms with Crippen LogP contribution in [0.5, 0.6) is 0 Å². The van der Waals surface area contributed by atoms with Gasteiger partial charge in [-0.3, -0.25) is 0 Å². The number of hydrogen-bond acceptors (Lipinski definition) is 0. The average Bonchev–Trinajstić information content (AvgIpc) is 3.06. The van der Waals surface area contributed by atoms with E-state index in [1.54, 1.807) is 0 Å². The number of rotatable bonds is 0. The molecular formula is C24H15N. The minimum absolute atomic E-state index is 1.20. The second-order valence-corrected chi connectivity index (χ2v) is 6.74. The van der Waals surface area contributed by atoms with Crippen molar-refractivity contribution in [1.29, 1.82) is 0 Å². The zero-order chi connectivity index (χ0) is 16.4. The minimum Gasteiger partial charge on any atom is -0.354 e. The summed E-state index contributed by atoms with van der Waals surface area (Å²) in [5, 5.41) is 10.4. The third-order valence-corrected chi connectivity index (χ3v) is 5.33. The van der Waals surface area contributed by atoms with Gasteiger partial charge in [0, 0.05) is 21.8 Å². The van der Waals surface area contributed by atoms with Gasteiger partial charge >= 0.3 is 0 Å². The van der Waals surface area contributed by atoms with Crippen LogP contribution in [0.25, 0.3) is 54.1 Å². The Hall–Kier alpha value is -3.32. The Labute approximate surface area is 144 Å². The van der Waals surface area contributed by atoms with Crippen molar-refractivity contribution >= 4 is 54.1 Å². The summed E-state index contributed by atoms with van der Waals surface area (Å²) in [7, 11) is 0. The van der Waals surface area contributed by atoms with Crippen LogP contribution in [-0.4, -0.2) is 4.98 Å². The molecule has 0 saturated heterocycles. The zero-order valence-corrected chi connectivity index (χ0v) is 13.6. The molecule has 0 saturated carbocycles. The summed E-state index contributed by atoms with van der Waals surface area (Å²) in [6.07, 6.45) is 0. The Morgan fingerprint density at radius 1 is 0.440 bits per heavy atom. The first-order chi connectivity index (χ1) is 12.4. The second-order valence-electron chi connectivity index (χ2n) is 6.74. The number of aromatic amines is 1. The van der Waals surface area contributed by atoms with Crippen LogP contribution in [0.4, 0.5) is 0 Å². The molecule has 0 amide bonds. The Balaban J connectivity index is 1.93. The first-order valence-corrected chi connectivity index (χ1v) is 8.63. The van der Waals surface area contributed by atoms with Crippen molar-refractivity contribution in [2.24, 2.45) is 0 Å². The summed E-state index contributed by atoms with van der Waals surface area (Å²) in [6, 6.07) is 30.7. The Morgan fingerprint density at radius 2 is 1.04 bits per heavy atom. The molecule has 25 heavy (non-hydrogen) atoms. The molecule has 1 nitrogen and oxygen atoms in total. The second kappa shape index (κ2) is 4.61. The highest BCUT2D eigenvalue weighted by Crippen LogP contribution is 2.37. The highest BCUT2D eigenvalue weighted by Gasteiger charge is 2.11. The molecule has 5 aromatic carbocycles. The van der Waals surface area contributed by atoms with Crippen LogP contribution >= 0.6 is 0 Å². The first-order valence-electron chi connectivity index (χ1n) is 8.63. The van der Waals surface area contributed by atoms with Gasteiger partial charge in [0.15, 0.2) is 0 Å². The van der Waals surface area contributed by atoms with Crippen LogP contribution in [0.2, 0.25) is 0 Å². The van der Waals surface area contributed by atoms with Crippen LogP contribution < -0.4 is 0 Å². The van der Waals surface area contributed by atoms with Gasteiger partial charge in [0.2, 0.25) is 0 Å². The summed E-state index contributed by atoms with van der Waals surface area (Å²) in [4.78, 5) is 3.61. The molecular weight excluding hydrogens is 302 g/mol. The molecule has 0 fully saturated rings. The quantitative estimate of drug-likeness (QED) is 0.297. The third kappa shape index (κ3) is 1.72. The molecule has 0 radical (unpaired) electrons. The van der Waals surface area contributed by atoms with Gasteiger partial charge in [0.1, 0.15) is 0 Å². The molecule has 1 heterocycles. The fourth-order valence-corrected chi connectivity index (χ4v) is 4.18. The van der Waals surface area contributed by atoms with E-state index in [2.05, 4.69) is 89.9 Å². The lowest BCUT2D eigenvalue weighted by molar-refractivity contribution is 1.56.